The van der Waals surface area contributed by atoms with Gasteiger partial charge in [-0.15, -0.1) is 0 Å². The molecule has 22 heavy (non-hydrogen) atoms. The number of hydrogen-bond acceptors (Lipinski definition) is 2. The number of rotatable bonds is 8. The van der Waals surface area contributed by atoms with Gasteiger partial charge in [-0.05, 0) is 18.4 Å². The van der Waals surface area contributed by atoms with E-state index >= 15 is 0 Å². The Kier molecular flexibility index (Phi) is 6.08. The van der Waals surface area contributed by atoms with Crippen molar-refractivity contribution < 1.29 is 4.79 Å². The third-order valence-electron chi connectivity index (χ3n) is 3.81. The van der Waals surface area contributed by atoms with Gasteiger partial charge in [-0.25, -0.2) is 0 Å². The first kappa shape index (κ1) is 16.2. The van der Waals surface area contributed by atoms with E-state index in [-0.39, 0.29) is 5.78 Å². The van der Waals surface area contributed by atoms with E-state index in [0.717, 1.165) is 18.4 Å². The fraction of sp³-hybridized carbons (Fsp3) is 0.300. The van der Waals surface area contributed by atoms with Crippen LogP contribution in [0.3, 0.4) is 0 Å². The number of carbonyl (C=O) groups is 1. The van der Waals surface area contributed by atoms with Gasteiger partial charge in [-0.3, -0.25) is 4.79 Å². The Bertz CT molecular complexity index is 614. The van der Waals surface area contributed by atoms with Crippen molar-refractivity contribution in [3.05, 3.63) is 71.3 Å². The summed E-state index contributed by atoms with van der Waals surface area (Å²) in [5.41, 5.74) is 2.95. The Balaban J connectivity index is 1.98. The summed E-state index contributed by atoms with van der Waals surface area (Å²) in [7, 11) is 0. The van der Waals surface area contributed by atoms with Gasteiger partial charge in [0.05, 0.1) is 0 Å². The lowest BCUT2D eigenvalue weighted by Crippen LogP contribution is -2.03. The third kappa shape index (κ3) is 4.39. The maximum atomic E-state index is 12.3. The molecule has 0 aliphatic carbocycles. The van der Waals surface area contributed by atoms with Crippen LogP contribution in [0.4, 0.5) is 0 Å². The second kappa shape index (κ2) is 8.28. The fourth-order valence-corrected chi connectivity index (χ4v) is 2.45. The molecular weight excluding hydrogens is 270 g/mol. The van der Waals surface area contributed by atoms with Crippen LogP contribution in [0, 0.1) is 5.41 Å². The summed E-state index contributed by atoms with van der Waals surface area (Å²) in [6.07, 6.45) is 5.51. The molecule has 0 atom stereocenters. The molecule has 0 aliphatic rings. The van der Waals surface area contributed by atoms with E-state index in [1.807, 2.05) is 54.6 Å². The van der Waals surface area contributed by atoms with Crippen LogP contribution >= 0.6 is 0 Å². The Hall–Kier alpha value is -2.22. The molecule has 0 amide bonds. The molecule has 0 aromatic heterocycles. The number of hydrogen-bond donors (Lipinski definition) is 1. The lowest BCUT2D eigenvalue weighted by molar-refractivity contribution is 0.103. The van der Waals surface area contributed by atoms with Crippen molar-refractivity contribution in [2.75, 3.05) is 0 Å². The molecule has 2 rings (SSSR count). The predicted molar refractivity (Wildman–Crippen MR) is 91.9 cm³/mol. The summed E-state index contributed by atoms with van der Waals surface area (Å²) in [4.78, 5) is 12.3. The average molecular weight is 293 g/mol. The minimum absolute atomic E-state index is 0.0293. The highest BCUT2D eigenvalue weighted by molar-refractivity contribution is 6.09. The smallest absolute Gasteiger partial charge is 0.193 e. The highest BCUT2D eigenvalue weighted by atomic mass is 16.1. The van der Waals surface area contributed by atoms with Gasteiger partial charge in [0.25, 0.3) is 0 Å². The Morgan fingerprint density at radius 1 is 0.818 bits per heavy atom. The topological polar surface area (TPSA) is 40.9 Å². The van der Waals surface area contributed by atoms with Crippen LogP contribution in [0.1, 0.15) is 60.5 Å². The van der Waals surface area contributed by atoms with Crippen molar-refractivity contribution in [1.82, 2.24) is 0 Å². The van der Waals surface area contributed by atoms with Gasteiger partial charge < -0.3 is 5.41 Å². The van der Waals surface area contributed by atoms with Crippen LogP contribution in [0.5, 0.6) is 0 Å². The van der Waals surface area contributed by atoms with Crippen LogP contribution in [-0.4, -0.2) is 11.5 Å². The Morgan fingerprint density at radius 2 is 1.41 bits per heavy atom. The van der Waals surface area contributed by atoms with Gasteiger partial charge in [0, 0.05) is 16.8 Å². The van der Waals surface area contributed by atoms with E-state index in [0.29, 0.717) is 16.8 Å². The van der Waals surface area contributed by atoms with E-state index in [9.17, 15) is 4.79 Å². The first-order valence-corrected chi connectivity index (χ1v) is 8.00. The van der Waals surface area contributed by atoms with Gasteiger partial charge in [0.1, 0.15) is 0 Å². The van der Waals surface area contributed by atoms with Crippen molar-refractivity contribution in [2.24, 2.45) is 0 Å². The summed E-state index contributed by atoms with van der Waals surface area (Å²) in [6, 6.07) is 16.7. The summed E-state index contributed by atoms with van der Waals surface area (Å²) >= 11 is 0. The monoisotopic (exact) mass is 293 g/mol. The lowest BCUT2D eigenvalue weighted by atomic mass is 9.99. The summed E-state index contributed by atoms with van der Waals surface area (Å²) in [5.74, 6) is 0.0293. The zero-order chi connectivity index (χ0) is 15.8. The zero-order valence-corrected chi connectivity index (χ0v) is 13.1. The number of carbonyl (C=O) groups excluding carboxylic acids is 1. The second-order valence-electron chi connectivity index (χ2n) is 5.56. The minimum atomic E-state index is 0.0293. The number of ketones is 1. The van der Waals surface area contributed by atoms with Crippen LogP contribution in [0.25, 0.3) is 0 Å². The molecule has 0 bridgehead atoms. The molecule has 0 radical (unpaired) electrons. The van der Waals surface area contributed by atoms with Crippen molar-refractivity contribution in [3.8, 4) is 0 Å². The normalized spacial score (nSPS) is 10.4. The standard InChI is InChI=1S/C20H23NO/c1-2-3-4-8-11-19(21)16-12-14-18(15-13-16)20(22)17-9-6-5-7-10-17/h5-7,9-10,12-15,21H,2-4,8,11H2,1H3. The van der Waals surface area contributed by atoms with E-state index in [2.05, 4.69) is 6.92 Å². The lowest BCUT2D eigenvalue weighted by Gasteiger charge is -2.06. The van der Waals surface area contributed by atoms with Crippen molar-refractivity contribution in [3.63, 3.8) is 0 Å². The molecular formula is C20H23NO. The van der Waals surface area contributed by atoms with E-state index in [1.165, 1.54) is 19.3 Å². The zero-order valence-electron chi connectivity index (χ0n) is 13.1. The maximum absolute atomic E-state index is 12.3. The maximum Gasteiger partial charge on any atom is 0.193 e. The van der Waals surface area contributed by atoms with E-state index in [4.69, 9.17) is 5.41 Å². The number of unbranched alkanes of at least 4 members (excludes halogenated alkanes) is 3. The summed E-state index contributed by atoms with van der Waals surface area (Å²) in [6.45, 7) is 2.19. The van der Waals surface area contributed by atoms with Gasteiger partial charge in [-0.1, -0.05) is 80.8 Å². The molecule has 0 fully saturated rings. The molecule has 2 nitrogen and oxygen atoms in total. The molecule has 2 heteroatoms. The fourth-order valence-electron chi connectivity index (χ4n) is 2.45. The highest BCUT2D eigenvalue weighted by Gasteiger charge is 2.09. The molecule has 0 unspecified atom stereocenters. The first-order chi connectivity index (χ1) is 10.7. The molecule has 0 aliphatic heterocycles. The predicted octanol–water partition coefficient (Wildman–Crippen LogP) is 5.26. The first-order valence-electron chi connectivity index (χ1n) is 8.00. The van der Waals surface area contributed by atoms with Crippen LogP contribution < -0.4 is 0 Å². The second-order valence-corrected chi connectivity index (χ2v) is 5.56. The van der Waals surface area contributed by atoms with Gasteiger partial charge in [-0.2, -0.15) is 0 Å². The molecule has 0 saturated carbocycles. The average Bonchev–Trinajstić information content (AvgIpc) is 2.59. The number of benzene rings is 2. The third-order valence-corrected chi connectivity index (χ3v) is 3.81. The molecule has 114 valence electrons. The van der Waals surface area contributed by atoms with E-state index < -0.39 is 0 Å². The quantitative estimate of drug-likeness (QED) is 0.403. The van der Waals surface area contributed by atoms with Crippen molar-refractivity contribution in [2.45, 2.75) is 39.0 Å². The largest absolute Gasteiger partial charge is 0.305 e. The molecule has 2 aromatic carbocycles. The summed E-state index contributed by atoms with van der Waals surface area (Å²) < 4.78 is 0. The van der Waals surface area contributed by atoms with Crippen LogP contribution in [0.2, 0.25) is 0 Å². The van der Waals surface area contributed by atoms with Crippen LogP contribution in [0.15, 0.2) is 54.6 Å². The Labute approximate surface area is 132 Å². The molecule has 1 N–H and O–H groups in total. The Morgan fingerprint density at radius 3 is 2.05 bits per heavy atom. The van der Waals surface area contributed by atoms with Crippen molar-refractivity contribution in [1.29, 1.82) is 5.41 Å². The molecule has 0 spiro atoms. The van der Waals surface area contributed by atoms with Crippen molar-refractivity contribution >= 4 is 11.5 Å². The molecule has 2 aromatic rings. The van der Waals surface area contributed by atoms with E-state index in [1.54, 1.807) is 0 Å². The molecule has 0 saturated heterocycles. The SMILES string of the molecule is CCCCCCC(=N)c1ccc(C(=O)c2ccccc2)cc1. The molecule has 0 heterocycles. The number of nitrogens with one attached hydrogen (secondary N) is 1. The summed E-state index contributed by atoms with van der Waals surface area (Å²) in [5, 5.41) is 8.12. The van der Waals surface area contributed by atoms with Gasteiger partial charge in [0.15, 0.2) is 5.78 Å². The minimum Gasteiger partial charge on any atom is -0.305 e. The highest BCUT2D eigenvalue weighted by Crippen LogP contribution is 2.13. The van der Waals surface area contributed by atoms with Crippen LogP contribution in [-0.2, 0) is 0 Å². The van der Waals surface area contributed by atoms with Gasteiger partial charge >= 0.3 is 0 Å². The van der Waals surface area contributed by atoms with Gasteiger partial charge in [0.2, 0.25) is 0 Å².